The van der Waals surface area contributed by atoms with Crippen LogP contribution in [-0.2, 0) is 16.0 Å². The number of carbonyl (C=O) groups excluding carboxylic acids is 1. The van der Waals surface area contributed by atoms with Gasteiger partial charge in [-0.1, -0.05) is 36.4 Å². The van der Waals surface area contributed by atoms with Crippen LogP contribution in [0.4, 0.5) is 11.4 Å². The van der Waals surface area contributed by atoms with Gasteiger partial charge in [-0.25, -0.2) is 4.79 Å². The number of nitrogens with two attached hydrogens (primary N) is 1. The zero-order valence-electron chi connectivity index (χ0n) is 15.6. The molecule has 1 atom stereocenters. The Morgan fingerprint density at radius 2 is 1.89 bits per heavy atom. The molecule has 2 aromatic rings. The number of hydrogen-bond acceptors (Lipinski definition) is 6. The predicted molar refractivity (Wildman–Crippen MR) is 105 cm³/mol. The summed E-state index contributed by atoms with van der Waals surface area (Å²) in [4.78, 5) is 34.8. The topological polar surface area (TPSA) is 136 Å². The van der Waals surface area contributed by atoms with E-state index in [1.165, 1.54) is 6.07 Å². The first-order valence-corrected chi connectivity index (χ1v) is 8.82. The van der Waals surface area contributed by atoms with Crippen molar-refractivity contribution in [2.24, 2.45) is 5.73 Å². The lowest BCUT2D eigenvalue weighted by molar-refractivity contribution is -0.384. The van der Waals surface area contributed by atoms with Crippen LogP contribution in [0.2, 0.25) is 0 Å². The molecular weight excluding hydrogens is 362 g/mol. The fourth-order valence-electron chi connectivity index (χ4n) is 2.85. The Labute approximate surface area is 162 Å². The number of aryl methyl sites for hydroxylation is 1. The number of carboxylic acids is 1. The Morgan fingerprint density at radius 1 is 1.21 bits per heavy atom. The summed E-state index contributed by atoms with van der Waals surface area (Å²) in [7, 11) is 0. The van der Waals surface area contributed by atoms with Crippen molar-refractivity contribution in [2.45, 2.75) is 31.7 Å². The molecule has 0 aliphatic rings. The number of aliphatic carboxylic acids is 1. The van der Waals surface area contributed by atoms with E-state index in [2.05, 4.69) is 5.32 Å². The molecule has 0 unspecified atom stereocenters. The van der Waals surface area contributed by atoms with E-state index >= 15 is 0 Å². The molecule has 8 heteroatoms. The monoisotopic (exact) mass is 385 g/mol. The van der Waals surface area contributed by atoms with Crippen LogP contribution in [0.1, 0.15) is 24.0 Å². The summed E-state index contributed by atoms with van der Waals surface area (Å²) < 4.78 is 0. The van der Waals surface area contributed by atoms with Crippen molar-refractivity contribution in [1.29, 1.82) is 0 Å². The second kappa shape index (κ2) is 9.09. The summed E-state index contributed by atoms with van der Waals surface area (Å²) in [5.41, 5.74) is 5.75. The number of ketones is 1. The van der Waals surface area contributed by atoms with Crippen molar-refractivity contribution < 1.29 is 19.6 Å². The van der Waals surface area contributed by atoms with Crippen molar-refractivity contribution >= 4 is 23.1 Å². The molecule has 0 heterocycles. The number of hydrogen-bond donors (Lipinski definition) is 3. The average molecular weight is 385 g/mol. The van der Waals surface area contributed by atoms with E-state index in [1.807, 2.05) is 6.92 Å². The number of nitrogens with zero attached hydrogens (tertiary/aromatic N) is 1. The van der Waals surface area contributed by atoms with Crippen LogP contribution < -0.4 is 11.1 Å². The van der Waals surface area contributed by atoms with E-state index in [9.17, 15) is 24.8 Å². The molecule has 2 rings (SSSR count). The van der Waals surface area contributed by atoms with E-state index < -0.39 is 22.2 Å². The van der Waals surface area contributed by atoms with Gasteiger partial charge in [-0.05, 0) is 37.0 Å². The number of nitrogens with one attached hydrogen (secondary N) is 1. The third kappa shape index (κ3) is 5.14. The fourth-order valence-corrected chi connectivity index (χ4v) is 2.85. The van der Waals surface area contributed by atoms with Crippen molar-refractivity contribution in [2.75, 3.05) is 11.9 Å². The maximum Gasteiger partial charge on any atom is 0.331 e. The van der Waals surface area contributed by atoms with Crippen molar-refractivity contribution in [3.8, 4) is 0 Å². The summed E-state index contributed by atoms with van der Waals surface area (Å²) >= 11 is 0. The molecule has 8 nitrogen and oxygen atoms in total. The second-order valence-electron chi connectivity index (χ2n) is 6.67. The van der Waals surface area contributed by atoms with Crippen LogP contribution in [0.5, 0.6) is 0 Å². The number of benzene rings is 2. The Hall–Kier alpha value is -3.26. The number of rotatable bonds is 10. The highest BCUT2D eigenvalue weighted by molar-refractivity contribution is 6.08. The first-order valence-electron chi connectivity index (χ1n) is 8.82. The van der Waals surface area contributed by atoms with Crippen LogP contribution in [-0.4, -0.2) is 33.9 Å². The maximum atomic E-state index is 12.5. The minimum Gasteiger partial charge on any atom is -0.480 e. The number of anilines is 1. The van der Waals surface area contributed by atoms with Gasteiger partial charge in [-0.3, -0.25) is 14.9 Å². The summed E-state index contributed by atoms with van der Waals surface area (Å²) in [6, 6.07) is 13.5. The number of carboxylic acid groups (broad SMARTS) is 1. The fraction of sp³-hybridized carbons (Fsp3) is 0.300. The molecule has 0 aliphatic heterocycles. The summed E-state index contributed by atoms with van der Waals surface area (Å²) in [5.74, 6) is -1.96. The summed E-state index contributed by atoms with van der Waals surface area (Å²) in [6.07, 6.45) is 0.107. The zero-order chi connectivity index (χ0) is 20.7. The molecule has 28 heavy (non-hydrogen) atoms. The van der Waals surface area contributed by atoms with Gasteiger partial charge in [0.1, 0.15) is 5.69 Å². The molecule has 0 fully saturated rings. The lowest BCUT2D eigenvalue weighted by atomic mass is 9.86. The van der Waals surface area contributed by atoms with E-state index in [1.54, 1.807) is 42.5 Å². The van der Waals surface area contributed by atoms with Crippen molar-refractivity contribution in [3.05, 3.63) is 69.8 Å². The molecule has 0 saturated carbocycles. The third-order valence-corrected chi connectivity index (χ3v) is 4.50. The quantitative estimate of drug-likeness (QED) is 0.247. The molecule has 0 spiro atoms. The highest BCUT2D eigenvalue weighted by Gasteiger charge is 2.40. The van der Waals surface area contributed by atoms with E-state index in [4.69, 9.17) is 5.73 Å². The number of Topliss-reactive ketones (excluding diaryl/α,β-unsaturated/α-hetero) is 1. The van der Waals surface area contributed by atoms with Gasteiger partial charge in [-0.15, -0.1) is 0 Å². The average Bonchev–Trinajstić information content (AvgIpc) is 2.65. The predicted octanol–water partition coefficient (Wildman–Crippen LogP) is 2.69. The molecule has 0 aliphatic carbocycles. The molecule has 0 radical (unpaired) electrons. The van der Waals surface area contributed by atoms with Crippen molar-refractivity contribution in [1.82, 2.24) is 0 Å². The lowest BCUT2D eigenvalue weighted by Crippen LogP contribution is -2.55. The van der Waals surface area contributed by atoms with E-state index in [0.717, 1.165) is 5.56 Å². The Balaban J connectivity index is 2.00. The standard InChI is InChI=1S/C20H23N3O5/c1-14-8-9-17(23(27)28)16(12-14)22-11-5-10-20(21,19(25)26)18(24)13-15-6-3-2-4-7-15/h2-4,6-9,12,22H,5,10-11,13,21H2,1H3,(H,25,26)/t20-/m0/s1. The molecular formula is C20H23N3O5. The molecule has 0 amide bonds. The smallest absolute Gasteiger partial charge is 0.331 e. The second-order valence-corrected chi connectivity index (χ2v) is 6.67. The molecule has 0 aromatic heterocycles. The number of nitro benzene ring substituents is 1. The van der Waals surface area contributed by atoms with E-state index in [0.29, 0.717) is 11.3 Å². The Bertz CT molecular complexity index is 869. The summed E-state index contributed by atoms with van der Waals surface area (Å²) in [6.45, 7) is 2.06. The van der Waals surface area contributed by atoms with Crippen LogP contribution >= 0.6 is 0 Å². The molecule has 0 saturated heterocycles. The van der Waals surface area contributed by atoms with Gasteiger partial charge in [-0.2, -0.15) is 0 Å². The van der Waals surface area contributed by atoms with E-state index in [-0.39, 0.29) is 31.5 Å². The van der Waals surface area contributed by atoms with Crippen LogP contribution in [0.3, 0.4) is 0 Å². The summed E-state index contributed by atoms with van der Waals surface area (Å²) in [5, 5.41) is 23.5. The van der Waals surface area contributed by atoms with Crippen LogP contribution in [0.15, 0.2) is 48.5 Å². The first-order chi connectivity index (χ1) is 13.2. The Kier molecular flexibility index (Phi) is 6.84. The highest BCUT2D eigenvalue weighted by atomic mass is 16.6. The molecule has 2 aromatic carbocycles. The van der Waals surface area contributed by atoms with Gasteiger partial charge in [0.2, 0.25) is 0 Å². The van der Waals surface area contributed by atoms with Crippen molar-refractivity contribution in [3.63, 3.8) is 0 Å². The van der Waals surface area contributed by atoms with Gasteiger partial charge in [0.15, 0.2) is 11.3 Å². The van der Waals surface area contributed by atoms with Gasteiger partial charge < -0.3 is 16.2 Å². The molecule has 0 bridgehead atoms. The number of nitro groups is 1. The third-order valence-electron chi connectivity index (χ3n) is 4.50. The maximum absolute atomic E-state index is 12.5. The molecule has 148 valence electrons. The largest absolute Gasteiger partial charge is 0.480 e. The normalized spacial score (nSPS) is 12.8. The molecule has 4 N–H and O–H groups in total. The Morgan fingerprint density at radius 3 is 2.50 bits per heavy atom. The van der Waals surface area contributed by atoms with Gasteiger partial charge in [0.25, 0.3) is 5.69 Å². The van der Waals surface area contributed by atoms with Gasteiger partial charge >= 0.3 is 5.97 Å². The van der Waals surface area contributed by atoms with Crippen LogP contribution in [0, 0.1) is 17.0 Å². The minimum absolute atomic E-state index is 0.0667. The highest BCUT2D eigenvalue weighted by Crippen LogP contribution is 2.25. The number of carbonyl (C=O) groups is 2. The lowest BCUT2D eigenvalue weighted by Gasteiger charge is -2.23. The zero-order valence-corrected chi connectivity index (χ0v) is 15.6. The van der Waals surface area contributed by atoms with Gasteiger partial charge in [0.05, 0.1) is 4.92 Å². The SMILES string of the molecule is Cc1ccc([N+](=O)[O-])c(NCCC[C@@](N)(C(=O)O)C(=O)Cc2ccccc2)c1. The van der Waals surface area contributed by atoms with Crippen LogP contribution in [0.25, 0.3) is 0 Å². The first kappa shape index (κ1) is 21.0. The minimum atomic E-state index is -2.00. The van der Waals surface area contributed by atoms with Gasteiger partial charge in [0, 0.05) is 19.0 Å².